The molecule has 0 bridgehead atoms. The third-order valence-corrected chi connectivity index (χ3v) is 6.49. The van der Waals surface area contributed by atoms with Crippen LogP contribution in [0.1, 0.15) is 27.8 Å². The lowest BCUT2D eigenvalue weighted by atomic mass is 9.73. The largest absolute Gasteiger partial charge is 0.508 e. The molecule has 0 amide bonds. The first-order chi connectivity index (χ1) is 16.5. The molecule has 0 aliphatic carbocycles. The molecule has 5 heteroatoms. The quantitative estimate of drug-likeness (QED) is 0.321. The van der Waals surface area contributed by atoms with Gasteiger partial charge in [-0.1, -0.05) is 60.1 Å². The van der Waals surface area contributed by atoms with Gasteiger partial charge in [0.15, 0.2) is 5.54 Å². The Bertz CT molecular complexity index is 1390. The molecule has 0 saturated carbocycles. The van der Waals surface area contributed by atoms with Gasteiger partial charge in [-0.15, -0.1) is 0 Å². The molecule has 1 aliphatic rings. The minimum absolute atomic E-state index is 0.189. The monoisotopic (exact) mass is 466 g/mol. The first-order valence-corrected chi connectivity index (χ1v) is 11.4. The van der Waals surface area contributed by atoms with Crippen LogP contribution in [-0.4, -0.2) is 10.2 Å². The number of rotatable bonds is 5. The Balaban J connectivity index is 1.82. The fourth-order valence-electron chi connectivity index (χ4n) is 4.62. The van der Waals surface area contributed by atoms with Crippen LogP contribution >= 0.6 is 11.6 Å². The molecule has 168 valence electrons. The van der Waals surface area contributed by atoms with Gasteiger partial charge in [-0.3, -0.25) is 0 Å². The predicted molar refractivity (Wildman–Crippen MR) is 135 cm³/mol. The summed E-state index contributed by atoms with van der Waals surface area (Å²) in [6.45, 7) is 2.03. The number of aryl methyl sites for hydroxylation is 1. The van der Waals surface area contributed by atoms with E-state index in [1.54, 1.807) is 24.3 Å². The summed E-state index contributed by atoms with van der Waals surface area (Å²) in [6, 6.07) is 30.2. The van der Waals surface area contributed by atoms with Gasteiger partial charge in [0.2, 0.25) is 0 Å². The number of hydrogen-bond donors (Lipinski definition) is 2. The van der Waals surface area contributed by atoms with Crippen molar-refractivity contribution in [3.63, 3.8) is 0 Å². The number of phenolic OH excluding ortho intramolecular Hbond substituents is 2. The number of nitrogens with zero attached hydrogens (tertiary/aromatic N) is 2. The van der Waals surface area contributed by atoms with Crippen LogP contribution in [0.15, 0.2) is 113 Å². The molecule has 0 fully saturated rings. The lowest BCUT2D eigenvalue weighted by molar-refractivity contribution is 0.474. The smallest absolute Gasteiger partial charge is 0.156 e. The number of azo groups is 1. The number of benzene rings is 4. The van der Waals surface area contributed by atoms with Crippen LogP contribution in [0.3, 0.4) is 0 Å². The Morgan fingerprint density at radius 3 is 2.09 bits per heavy atom. The minimum atomic E-state index is -0.897. The first kappa shape index (κ1) is 21.9. The van der Waals surface area contributed by atoms with E-state index in [0.717, 1.165) is 39.1 Å². The van der Waals surface area contributed by atoms with Gasteiger partial charge in [0.25, 0.3) is 0 Å². The SMILES string of the molecule is Cc1cc(Cl)ccc1C1(c2ccc(O)cc2)N=NC(c2ccc(O)cc2)=C1Cc1ccccc1. The zero-order valence-corrected chi connectivity index (χ0v) is 19.4. The fraction of sp³-hybridized carbons (Fsp3) is 0.103. The maximum Gasteiger partial charge on any atom is 0.156 e. The second-order valence-corrected chi connectivity index (χ2v) is 8.89. The van der Waals surface area contributed by atoms with E-state index in [-0.39, 0.29) is 11.5 Å². The molecule has 2 N–H and O–H groups in total. The van der Waals surface area contributed by atoms with Gasteiger partial charge in [-0.2, -0.15) is 10.2 Å². The van der Waals surface area contributed by atoms with Crippen molar-refractivity contribution in [3.05, 3.63) is 135 Å². The van der Waals surface area contributed by atoms with Crippen molar-refractivity contribution in [1.82, 2.24) is 0 Å². The van der Waals surface area contributed by atoms with Crippen molar-refractivity contribution >= 4 is 17.3 Å². The molecule has 0 spiro atoms. The summed E-state index contributed by atoms with van der Waals surface area (Å²) in [6.07, 6.45) is 0.618. The van der Waals surface area contributed by atoms with Crippen molar-refractivity contribution in [3.8, 4) is 11.5 Å². The molecule has 4 nitrogen and oxygen atoms in total. The molecule has 1 unspecified atom stereocenters. The first-order valence-electron chi connectivity index (χ1n) is 11.0. The van der Waals surface area contributed by atoms with E-state index in [1.807, 2.05) is 67.6 Å². The normalized spacial score (nSPS) is 17.4. The molecule has 1 atom stereocenters. The Morgan fingerprint density at radius 2 is 1.44 bits per heavy atom. The summed E-state index contributed by atoms with van der Waals surface area (Å²) in [5.74, 6) is 0.385. The average Bonchev–Trinajstić information content (AvgIpc) is 3.20. The second-order valence-electron chi connectivity index (χ2n) is 8.45. The molecule has 34 heavy (non-hydrogen) atoms. The fourth-order valence-corrected chi connectivity index (χ4v) is 4.85. The van der Waals surface area contributed by atoms with Crippen molar-refractivity contribution in [2.45, 2.75) is 18.9 Å². The number of halogens is 1. The molecule has 5 rings (SSSR count). The standard InChI is InChI=1S/C29H23ClN2O2/c1-19-17-23(30)11-16-26(19)29(22-9-14-25(34)15-10-22)27(18-20-5-3-2-4-6-20)28(31-32-29)21-7-12-24(33)13-8-21/h2-17,33-34H,18H2,1H3. The van der Waals surface area contributed by atoms with Crippen molar-refractivity contribution in [2.24, 2.45) is 10.2 Å². The van der Waals surface area contributed by atoms with Crippen LogP contribution in [0.2, 0.25) is 5.02 Å². The number of aromatic hydroxyl groups is 2. The summed E-state index contributed by atoms with van der Waals surface area (Å²) in [7, 11) is 0. The van der Waals surface area contributed by atoms with Crippen LogP contribution < -0.4 is 0 Å². The molecule has 4 aromatic carbocycles. The highest BCUT2D eigenvalue weighted by Crippen LogP contribution is 2.51. The average molecular weight is 467 g/mol. The molecule has 0 radical (unpaired) electrons. The maximum absolute atomic E-state index is 9.99. The van der Waals surface area contributed by atoms with E-state index in [0.29, 0.717) is 11.4 Å². The zero-order chi connectivity index (χ0) is 23.7. The molecule has 1 aliphatic heterocycles. The van der Waals surface area contributed by atoms with Crippen molar-refractivity contribution in [2.75, 3.05) is 0 Å². The lowest BCUT2D eigenvalue weighted by Gasteiger charge is -2.31. The molecular weight excluding hydrogens is 444 g/mol. The van der Waals surface area contributed by atoms with E-state index < -0.39 is 5.54 Å². The Kier molecular flexibility index (Phi) is 5.68. The third-order valence-electron chi connectivity index (χ3n) is 6.25. The Morgan fingerprint density at radius 1 is 0.794 bits per heavy atom. The second kappa shape index (κ2) is 8.81. The molecular formula is C29H23ClN2O2. The van der Waals surface area contributed by atoms with E-state index >= 15 is 0 Å². The number of hydrogen-bond acceptors (Lipinski definition) is 4. The molecule has 4 aromatic rings. The van der Waals surface area contributed by atoms with Gasteiger partial charge >= 0.3 is 0 Å². The van der Waals surface area contributed by atoms with Gasteiger partial charge in [-0.25, -0.2) is 0 Å². The highest BCUT2D eigenvalue weighted by molar-refractivity contribution is 6.30. The lowest BCUT2D eigenvalue weighted by Crippen LogP contribution is -2.28. The van der Waals surface area contributed by atoms with Gasteiger partial charge in [0, 0.05) is 16.2 Å². The van der Waals surface area contributed by atoms with E-state index in [2.05, 4.69) is 12.1 Å². The highest BCUT2D eigenvalue weighted by atomic mass is 35.5. The summed E-state index contributed by atoms with van der Waals surface area (Å²) in [5, 5.41) is 30.2. The van der Waals surface area contributed by atoms with E-state index in [4.69, 9.17) is 21.8 Å². The topological polar surface area (TPSA) is 65.2 Å². The summed E-state index contributed by atoms with van der Waals surface area (Å²) >= 11 is 6.32. The summed E-state index contributed by atoms with van der Waals surface area (Å²) < 4.78 is 0. The summed E-state index contributed by atoms with van der Waals surface area (Å²) in [4.78, 5) is 0. The maximum atomic E-state index is 9.99. The minimum Gasteiger partial charge on any atom is -0.508 e. The van der Waals surface area contributed by atoms with E-state index in [9.17, 15) is 10.2 Å². The predicted octanol–water partition coefficient (Wildman–Crippen LogP) is 7.42. The zero-order valence-electron chi connectivity index (χ0n) is 18.6. The van der Waals surface area contributed by atoms with Crippen molar-refractivity contribution < 1.29 is 10.2 Å². The highest BCUT2D eigenvalue weighted by Gasteiger charge is 2.45. The molecule has 1 heterocycles. The Labute approximate surface area is 203 Å². The van der Waals surface area contributed by atoms with Crippen molar-refractivity contribution in [1.29, 1.82) is 0 Å². The van der Waals surface area contributed by atoms with Crippen LogP contribution in [0, 0.1) is 6.92 Å². The third kappa shape index (κ3) is 3.87. The molecule has 0 saturated heterocycles. The Hall–Kier alpha value is -3.89. The summed E-state index contributed by atoms with van der Waals surface area (Å²) in [5.41, 5.74) is 5.77. The molecule has 0 aromatic heterocycles. The van der Waals surface area contributed by atoms with Gasteiger partial charge < -0.3 is 10.2 Å². The van der Waals surface area contributed by atoms with Crippen LogP contribution in [0.5, 0.6) is 11.5 Å². The van der Waals surface area contributed by atoms with Gasteiger partial charge in [0.05, 0.1) is 5.70 Å². The van der Waals surface area contributed by atoms with Crippen LogP contribution in [0.4, 0.5) is 0 Å². The number of phenols is 2. The van der Waals surface area contributed by atoms with Crippen LogP contribution in [0.25, 0.3) is 5.70 Å². The van der Waals surface area contributed by atoms with Crippen LogP contribution in [-0.2, 0) is 12.0 Å². The van der Waals surface area contributed by atoms with E-state index in [1.165, 1.54) is 0 Å². The van der Waals surface area contributed by atoms with Gasteiger partial charge in [0.1, 0.15) is 11.5 Å². The van der Waals surface area contributed by atoms with Gasteiger partial charge in [-0.05, 0) is 84.1 Å².